The number of unbranched alkanes of at least 4 members (excludes halogenated alkanes) is 1. The number of rotatable bonds is 44. The molecule has 2 aliphatic heterocycles. The number of hydrogen-bond acceptors (Lipinski definition) is 18. The quantitative estimate of drug-likeness (QED) is 0.0104. The zero-order valence-electron chi connectivity index (χ0n) is 63.8. The van der Waals surface area contributed by atoms with E-state index in [4.69, 9.17) is 39.1 Å². The van der Waals surface area contributed by atoms with Gasteiger partial charge in [-0.25, -0.2) is 4.79 Å². The first-order chi connectivity index (χ1) is 53.7. The van der Waals surface area contributed by atoms with Crippen LogP contribution in [0.15, 0.2) is 96.4 Å². The fraction of sp³-hybridized carbons (Fsp3) is 0.506. The molecule has 12 amide bonds. The number of carbonyl (C=O) groups is 13. The summed E-state index contributed by atoms with van der Waals surface area (Å²) in [5.41, 5.74) is 38.1. The maximum Gasteiger partial charge on any atom is 0.328 e. The highest BCUT2D eigenvalue weighted by atomic mass is 32.2. The van der Waals surface area contributed by atoms with E-state index in [1.54, 1.807) is 48.9 Å². The smallest absolute Gasteiger partial charge is 0.328 e. The number of hydrogen-bond donors (Lipinski definition) is 17. The van der Waals surface area contributed by atoms with Crippen molar-refractivity contribution < 1.29 is 67.1 Å². The van der Waals surface area contributed by atoms with E-state index in [2.05, 4.69) is 62.5 Å². The van der Waals surface area contributed by atoms with Crippen LogP contribution in [-0.4, -0.2) is 219 Å². The molecule has 606 valence electrons. The Morgan fingerprint density at radius 2 is 0.902 bits per heavy atom. The molecule has 0 unspecified atom stereocenters. The standard InChI is InChI=1S/C77H108N20O14S/c1-43(2)36-58(68(102)91-57(30-35-112-4)76(110)111-3)92-69(103)60(38-45-41-86-52-21-9-6-17-48(45)52)94-71(105)61(39-46-42-87-53-22-10-7-18-49(46)53)95-70(104)59(37-44-40-85-51-20-8-5-16-47(44)51)93-67(101)54(26-28-64(80)98)88-66(100)55(27-29-65(81)99)89-72(106)63-25-15-34-97(63)75(109)56(23-11-12-31-78)90-73(107)62-24-14-33-96(62)74(108)50(79)19-13-32-84-77(82)83/h5-10,16-18,20-22,40-43,50,54-63,85-87H,11-15,19,23-39,78-79H2,1-4H3,(H2,80,98)(H2,81,99)(H,88,100)(H,89,106)(H,90,107)(H,91,102)(H,92,103)(H,93,101)(H,94,105)(H,95,104)(H4,82,83,84)/t50-,54-,55-,56-,57+,58-,59+,60+,61-,62-,63-/m0/s1. The third-order valence-electron chi connectivity index (χ3n) is 20.1. The molecule has 11 atom stereocenters. The van der Waals surface area contributed by atoms with Gasteiger partial charge >= 0.3 is 5.97 Å². The number of carbonyl (C=O) groups excluding carboxylic acids is 13. The maximum atomic E-state index is 15.6. The molecule has 5 heterocycles. The van der Waals surface area contributed by atoms with Gasteiger partial charge in [-0.1, -0.05) is 68.4 Å². The van der Waals surface area contributed by atoms with Gasteiger partial charge in [-0.2, -0.15) is 11.8 Å². The Labute approximate surface area is 653 Å². The molecule has 0 saturated carbocycles. The fourth-order valence-corrected chi connectivity index (χ4v) is 14.7. The van der Waals surface area contributed by atoms with Crippen molar-refractivity contribution in [2.24, 2.45) is 45.3 Å². The second-order valence-corrected chi connectivity index (χ2v) is 29.8. The summed E-state index contributed by atoms with van der Waals surface area (Å²) < 4.78 is 5.02. The number of ether oxygens (including phenoxy) is 1. The van der Waals surface area contributed by atoms with Crippen molar-refractivity contribution in [3.05, 3.63) is 108 Å². The highest BCUT2D eigenvalue weighted by Gasteiger charge is 2.43. The molecule has 23 N–H and O–H groups in total. The van der Waals surface area contributed by atoms with Crippen molar-refractivity contribution in [2.75, 3.05) is 45.3 Å². The van der Waals surface area contributed by atoms with Crippen LogP contribution in [0.4, 0.5) is 0 Å². The molecule has 0 aliphatic carbocycles. The highest BCUT2D eigenvalue weighted by Crippen LogP contribution is 2.27. The Balaban J connectivity index is 1.06. The number of primary amides is 2. The third kappa shape index (κ3) is 24.5. The number of methoxy groups -OCH3 is 1. The van der Waals surface area contributed by atoms with E-state index in [1.165, 1.54) is 28.7 Å². The van der Waals surface area contributed by atoms with Gasteiger partial charge in [0.05, 0.1) is 13.2 Å². The van der Waals surface area contributed by atoms with E-state index in [1.807, 2.05) is 62.6 Å². The van der Waals surface area contributed by atoms with Gasteiger partial charge in [-0.15, -0.1) is 0 Å². The van der Waals surface area contributed by atoms with Crippen LogP contribution in [0.2, 0.25) is 0 Å². The SMILES string of the molecule is COC(=O)[C@@H](CCSC)NC(=O)[C@H](CC(C)C)NC(=O)[C@@H](Cc1c[nH]c2ccccc12)NC(=O)[C@H](Cc1c[nH]c2ccccc12)NC(=O)[C@@H](Cc1c[nH]c2ccccc12)NC(=O)[C@H](CCC(N)=O)NC(=O)[C@H](CCC(N)=O)NC(=O)[C@@H]1CCCN1C(=O)[C@H](CCCCN)NC(=O)[C@@H]1CCCN1C(=O)[C@@H](N)CCCN=C(N)N. The van der Waals surface area contributed by atoms with E-state index < -0.39 is 169 Å². The molecule has 0 bridgehead atoms. The number of nitrogens with one attached hydrogen (secondary N) is 11. The largest absolute Gasteiger partial charge is 0.467 e. The minimum atomic E-state index is -1.70. The number of H-pyrrole nitrogens is 3. The van der Waals surface area contributed by atoms with Crippen molar-refractivity contribution in [1.29, 1.82) is 0 Å². The molecular weight excluding hydrogens is 1460 g/mol. The number of thioether (sulfide) groups is 1. The van der Waals surface area contributed by atoms with Crippen LogP contribution in [0.3, 0.4) is 0 Å². The zero-order chi connectivity index (χ0) is 81.1. The summed E-state index contributed by atoms with van der Waals surface area (Å²) in [6, 6.07) is 7.17. The van der Waals surface area contributed by atoms with Gasteiger partial charge in [0.25, 0.3) is 0 Å². The van der Waals surface area contributed by atoms with Crippen molar-refractivity contribution in [3.63, 3.8) is 0 Å². The molecule has 0 spiro atoms. The van der Waals surface area contributed by atoms with Gasteiger partial charge in [0.15, 0.2) is 5.96 Å². The predicted molar refractivity (Wildman–Crippen MR) is 423 cm³/mol. The summed E-state index contributed by atoms with van der Waals surface area (Å²) in [5, 5.41) is 24.4. The highest BCUT2D eigenvalue weighted by molar-refractivity contribution is 7.98. The molecule has 112 heavy (non-hydrogen) atoms. The van der Waals surface area contributed by atoms with Crippen LogP contribution in [0, 0.1) is 5.92 Å². The molecule has 6 aromatic rings. The topological polar surface area (TPSA) is 550 Å². The summed E-state index contributed by atoms with van der Waals surface area (Å²) >= 11 is 1.46. The molecule has 35 heteroatoms. The van der Waals surface area contributed by atoms with Gasteiger partial charge in [-0.3, -0.25) is 62.5 Å². The van der Waals surface area contributed by atoms with Crippen LogP contribution in [0.1, 0.15) is 127 Å². The number of nitrogens with zero attached hydrogens (tertiary/aromatic N) is 3. The molecule has 0 radical (unpaired) electrons. The lowest BCUT2D eigenvalue weighted by molar-refractivity contribution is -0.145. The second kappa shape index (κ2) is 42.4. The van der Waals surface area contributed by atoms with E-state index in [9.17, 15) is 43.2 Å². The summed E-state index contributed by atoms with van der Waals surface area (Å²) in [6.45, 7) is 4.53. The third-order valence-corrected chi connectivity index (χ3v) is 20.7. The average molecular weight is 1570 g/mol. The van der Waals surface area contributed by atoms with Crippen molar-refractivity contribution in [3.8, 4) is 0 Å². The molecule has 34 nitrogen and oxygen atoms in total. The van der Waals surface area contributed by atoms with Gasteiger partial charge in [-0.05, 0) is 143 Å². The number of nitrogens with two attached hydrogens (primary N) is 6. The van der Waals surface area contributed by atoms with Crippen molar-refractivity contribution in [2.45, 2.75) is 196 Å². The Kier molecular flexibility index (Phi) is 32.7. The molecular formula is C77H108N20O14S. The first-order valence-electron chi connectivity index (χ1n) is 38.0. The normalized spacial score (nSPS) is 16.5. The Morgan fingerprint density at radius 1 is 0.500 bits per heavy atom. The van der Waals surface area contributed by atoms with E-state index in [-0.39, 0.29) is 89.4 Å². The number of aromatic amines is 3. The summed E-state index contributed by atoms with van der Waals surface area (Å²) in [7, 11) is 1.21. The first kappa shape index (κ1) is 86.5. The van der Waals surface area contributed by atoms with E-state index in [0.29, 0.717) is 82.8 Å². The lowest BCUT2D eigenvalue weighted by Gasteiger charge is -2.32. The number of fused-ring (bicyclic) bond motifs is 3. The van der Waals surface area contributed by atoms with Gasteiger partial charge in [0, 0.05) is 103 Å². The van der Waals surface area contributed by atoms with Gasteiger partial charge in [0.1, 0.15) is 60.4 Å². The lowest BCUT2D eigenvalue weighted by Crippen LogP contribution is -2.61. The molecule has 8 rings (SSSR count). The second-order valence-electron chi connectivity index (χ2n) is 28.8. The molecule has 2 fully saturated rings. The van der Waals surface area contributed by atoms with Gasteiger partial charge in [0.2, 0.25) is 70.9 Å². The number of esters is 1. The number of guanidine groups is 1. The molecule has 2 saturated heterocycles. The Hall–Kier alpha value is -11.1. The number of aromatic nitrogens is 3. The average Bonchev–Trinajstić information content (AvgIpc) is 1.66. The number of amides is 12. The van der Waals surface area contributed by atoms with Crippen molar-refractivity contribution >= 4 is 127 Å². The number of benzene rings is 3. The van der Waals surface area contributed by atoms with Crippen LogP contribution in [0.5, 0.6) is 0 Å². The fourth-order valence-electron chi connectivity index (χ4n) is 14.2. The first-order valence-corrected chi connectivity index (χ1v) is 39.4. The lowest BCUT2D eigenvalue weighted by atomic mass is 9.99. The van der Waals surface area contributed by atoms with Crippen LogP contribution in [0.25, 0.3) is 32.7 Å². The minimum absolute atomic E-state index is 0.0584. The van der Waals surface area contributed by atoms with Crippen molar-refractivity contribution in [1.82, 2.24) is 67.3 Å². The van der Waals surface area contributed by atoms with Crippen LogP contribution in [-0.2, 0) is 86.3 Å². The van der Waals surface area contributed by atoms with E-state index in [0.717, 1.165) is 10.9 Å². The number of aliphatic imine (C=N–C) groups is 1. The molecule has 3 aromatic heterocycles. The van der Waals surface area contributed by atoms with Gasteiger partial charge < -0.3 is 106 Å². The summed E-state index contributed by atoms with van der Waals surface area (Å²) in [6.07, 6.45) is 7.55. The van der Waals surface area contributed by atoms with Crippen LogP contribution < -0.4 is 76.9 Å². The minimum Gasteiger partial charge on any atom is -0.467 e. The molecule has 3 aromatic carbocycles. The van der Waals surface area contributed by atoms with E-state index >= 15 is 19.2 Å². The summed E-state index contributed by atoms with van der Waals surface area (Å²) in [5.74, 6) is -10.0. The van der Waals surface area contributed by atoms with Crippen LogP contribution >= 0.6 is 11.8 Å². The number of para-hydroxylation sites is 3. The number of likely N-dealkylation sites (tertiary alicyclic amines) is 2. The summed E-state index contributed by atoms with van der Waals surface area (Å²) in [4.78, 5) is 202. The predicted octanol–water partition coefficient (Wildman–Crippen LogP) is 0.0319. The Morgan fingerprint density at radius 3 is 1.33 bits per heavy atom. The maximum absolute atomic E-state index is 15.6. The molecule has 2 aliphatic rings. The Bertz CT molecular complexity index is 4330. The zero-order valence-corrected chi connectivity index (χ0v) is 64.6. The monoisotopic (exact) mass is 1570 g/mol.